The van der Waals surface area contributed by atoms with Crippen LogP contribution < -0.4 is 10.6 Å². The SMILES string of the molecule is CC(C)(C)OC(=O)NCCNCCOCC(F)(F)F. The number of carbonyl (C=O) groups excluding carboxylic acids is 1. The lowest BCUT2D eigenvalue weighted by Crippen LogP contribution is -2.37. The number of hydrogen-bond acceptors (Lipinski definition) is 4. The lowest BCUT2D eigenvalue weighted by molar-refractivity contribution is -0.173. The summed E-state index contributed by atoms with van der Waals surface area (Å²) in [6, 6.07) is 0. The van der Waals surface area contributed by atoms with Crippen LogP contribution in [0.15, 0.2) is 0 Å². The molecule has 2 N–H and O–H groups in total. The average Bonchev–Trinajstić information content (AvgIpc) is 2.17. The van der Waals surface area contributed by atoms with Crippen molar-refractivity contribution in [3.63, 3.8) is 0 Å². The zero-order valence-corrected chi connectivity index (χ0v) is 11.4. The number of alkyl carbamates (subject to hydrolysis) is 1. The molecule has 0 aliphatic rings. The first-order chi connectivity index (χ1) is 8.60. The van der Waals surface area contributed by atoms with E-state index in [4.69, 9.17) is 4.74 Å². The molecule has 0 heterocycles. The summed E-state index contributed by atoms with van der Waals surface area (Å²) in [7, 11) is 0. The van der Waals surface area contributed by atoms with Gasteiger partial charge in [-0.3, -0.25) is 0 Å². The largest absolute Gasteiger partial charge is 0.444 e. The Hall–Kier alpha value is -1.02. The van der Waals surface area contributed by atoms with Crippen LogP contribution in [-0.2, 0) is 9.47 Å². The molecule has 5 nitrogen and oxygen atoms in total. The Balaban J connectivity index is 3.35. The Morgan fingerprint density at radius 1 is 1.11 bits per heavy atom. The summed E-state index contributed by atoms with van der Waals surface area (Å²) < 4.78 is 44.5. The van der Waals surface area contributed by atoms with Gasteiger partial charge in [-0.15, -0.1) is 0 Å². The van der Waals surface area contributed by atoms with Crippen LogP contribution in [0.4, 0.5) is 18.0 Å². The maximum Gasteiger partial charge on any atom is 0.411 e. The first-order valence-corrected chi connectivity index (χ1v) is 5.92. The molecule has 0 aromatic rings. The summed E-state index contributed by atoms with van der Waals surface area (Å²) in [4.78, 5) is 11.2. The van der Waals surface area contributed by atoms with E-state index in [1.807, 2.05) is 0 Å². The van der Waals surface area contributed by atoms with Gasteiger partial charge in [-0.2, -0.15) is 13.2 Å². The Morgan fingerprint density at radius 3 is 2.26 bits per heavy atom. The minimum Gasteiger partial charge on any atom is -0.444 e. The third-order valence-electron chi connectivity index (χ3n) is 1.66. The Bertz CT molecular complexity index is 265. The van der Waals surface area contributed by atoms with Crippen molar-refractivity contribution in [1.82, 2.24) is 10.6 Å². The molecule has 0 rings (SSSR count). The number of ether oxygens (including phenoxy) is 2. The van der Waals surface area contributed by atoms with Crippen molar-refractivity contribution in [2.75, 3.05) is 32.8 Å². The van der Waals surface area contributed by atoms with Crippen LogP contribution in [0.2, 0.25) is 0 Å². The number of alkyl halides is 3. The van der Waals surface area contributed by atoms with E-state index in [9.17, 15) is 18.0 Å². The molecule has 0 saturated carbocycles. The van der Waals surface area contributed by atoms with Crippen molar-refractivity contribution in [3.8, 4) is 0 Å². The van der Waals surface area contributed by atoms with Crippen molar-refractivity contribution in [2.24, 2.45) is 0 Å². The second-order valence-corrected chi connectivity index (χ2v) is 4.85. The summed E-state index contributed by atoms with van der Waals surface area (Å²) in [6.45, 7) is 5.01. The molecule has 0 spiro atoms. The zero-order chi connectivity index (χ0) is 14.9. The minimum absolute atomic E-state index is 0.0358. The van der Waals surface area contributed by atoms with E-state index < -0.39 is 24.5 Å². The van der Waals surface area contributed by atoms with E-state index in [-0.39, 0.29) is 13.2 Å². The summed E-state index contributed by atoms with van der Waals surface area (Å²) in [6.07, 6.45) is -4.82. The molecule has 8 heteroatoms. The highest BCUT2D eigenvalue weighted by Gasteiger charge is 2.27. The normalized spacial score (nSPS) is 12.3. The van der Waals surface area contributed by atoms with Gasteiger partial charge in [0, 0.05) is 19.6 Å². The highest BCUT2D eigenvalue weighted by Crippen LogP contribution is 2.13. The molecular formula is C11H21F3N2O3. The van der Waals surface area contributed by atoms with E-state index in [0.717, 1.165) is 0 Å². The molecule has 0 bridgehead atoms. The molecule has 0 radical (unpaired) electrons. The molecule has 0 aromatic carbocycles. The highest BCUT2D eigenvalue weighted by atomic mass is 19.4. The van der Waals surface area contributed by atoms with Gasteiger partial charge in [0.1, 0.15) is 12.2 Å². The van der Waals surface area contributed by atoms with Gasteiger partial charge in [-0.1, -0.05) is 0 Å². The summed E-state index contributed by atoms with van der Waals surface area (Å²) in [5.41, 5.74) is -0.553. The van der Waals surface area contributed by atoms with Crippen molar-refractivity contribution in [1.29, 1.82) is 0 Å². The number of carbonyl (C=O) groups is 1. The summed E-state index contributed by atoms with van der Waals surface area (Å²) in [5, 5.41) is 5.34. The Morgan fingerprint density at radius 2 is 1.74 bits per heavy atom. The molecule has 0 fully saturated rings. The topological polar surface area (TPSA) is 59.6 Å². The van der Waals surface area contributed by atoms with Gasteiger partial charge < -0.3 is 20.1 Å². The fraction of sp³-hybridized carbons (Fsp3) is 0.909. The first-order valence-electron chi connectivity index (χ1n) is 5.92. The van der Waals surface area contributed by atoms with Crippen LogP contribution in [0.1, 0.15) is 20.8 Å². The number of rotatable bonds is 7. The quantitative estimate of drug-likeness (QED) is 0.699. The molecule has 0 saturated heterocycles. The van der Waals surface area contributed by atoms with Crippen LogP contribution in [0.5, 0.6) is 0 Å². The van der Waals surface area contributed by atoms with E-state index in [0.29, 0.717) is 13.1 Å². The molecule has 0 aromatic heterocycles. The number of hydrogen-bond donors (Lipinski definition) is 2. The van der Waals surface area contributed by atoms with Crippen molar-refractivity contribution in [2.45, 2.75) is 32.5 Å². The van der Waals surface area contributed by atoms with Crippen LogP contribution in [0.3, 0.4) is 0 Å². The van der Waals surface area contributed by atoms with Crippen LogP contribution in [0.25, 0.3) is 0 Å². The predicted molar refractivity (Wildman–Crippen MR) is 64.0 cm³/mol. The standard InChI is InChI=1S/C11H21F3N2O3/c1-10(2,3)19-9(17)16-5-4-15-6-7-18-8-11(12,13)14/h15H,4-8H2,1-3H3,(H,16,17). The minimum atomic E-state index is -4.29. The van der Waals surface area contributed by atoms with Crippen LogP contribution >= 0.6 is 0 Å². The molecule has 1 amide bonds. The number of nitrogens with one attached hydrogen (secondary N) is 2. The second kappa shape index (κ2) is 8.21. The third-order valence-corrected chi connectivity index (χ3v) is 1.66. The number of amides is 1. The molecule has 114 valence electrons. The van der Waals surface area contributed by atoms with Crippen LogP contribution in [0, 0.1) is 0 Å². The first kappa shape index (κ1) is 18.0. The van der Waals surface area contributed by atoms with Gasteiger partial charge in [-0.05, 0) is 20.8 Å². The second-order valence-electron chi connectivity index (χ2n) is 4.85. The monoisotopic (exact) mass is 286 g/mol. The maximum absolute atomic E-state index is 11.7. The predicted octanol–water partition coefficient (Wildman–Crippen LogP) is 1.68. The van der Waals surface area contributed by atoms with Crippen LogP contribution in [-0.4, -0.2) is 50.7 Å². The fourth-order valence-corrected chi connectivity index (χ4v) is 1.02. The molecule has 0 atom stereocenters. The summed E-state index contributed by atoms with van der Waals surface area (Å²) >= 11 is 0. The van der Waals surface area contributed by atoms with Gasteiger partial charge in [0.05, 0.1) is 6.61 Å². The van der Waals surface area contributed by atoms with E-state index in [1.54, 1.807) is 20.8 Å². The lowest BCUT2D eigenvalue weighted by atomic mass is 10.2. The van der Waals surface area contributed by atoms with E-state index in [1.165, 1.54) is 0 Å². The Labute approximate surface area is 110 Å². The molecule has 0 aliphatic carbocycles. The average molecular weight is 286 g/mol. The van der Waals surface area contributed by atoms with Gasteiger partial charge in [0.2, 0.25) is 0 Å². The summed E-state index contributed by atoms with van der Waals surface area (Å²) in [5.74, 6) is 0. The van der Waals surface area contributed by atoms with E-state index >= 15 is 0 Å². The van der Waals surface area contributed by atoms with Crippen molar-refractivity contribution in [3.05, 3.63) is 0 Å². The zero-order valence-electron chi connectivity index (χ0n) is 11.4. The maximum atomic E-state index is 11.7. The van der Waals surface area contributed by atoms with Gasteiger partial charge in [0.25, 0.3) is 0 Å². The smallest absolute Gasteiger partial charge is 0.411 e. The van der Waals surface area contributed by atoms with Gasteiger partial charge in [-0.25, -0.2) is 4.79 Å². The molecule has 0 aliphatic heterocycles. The van der Waals surface area contributed by atoms with Gasteiger partial charge in [0.15, 0.2) is 0 Å². The third kappa shape index (κ3) is 14.9. The Kier molecular flexibility index (Phi) is 7.77. The van der Waals surface area contributed by atoms with Crippen molar-refractivity contribution < 1.29 is 27.4 Å². The molecule has 19 heavy (non-hydrogen) atoms. The number of halogens is 3. The molecular weight excluding hydrogens is 265 g/mol. The lowest BCUT2D eigenvalue weighted by Gasteiger charge is -2.19. The van der Waals surface area contributed by atoms with E-state index in [2.05, 4.69) is 15.4 Å². The van der Waals surface area contributed by atoms with Gasteiger partial charge >= 0.3 is 12.3 Å². The fourth-order valence-electron chi connectivity index (χ4n) is 1.02. The highest BCUT2D eigenvalue weighted by molar-refractivity contribution is 5.67. The molecule has 0 unspecified atom stereocenters. The van der Waals surface area contributed by atoms with Crippen molar-refractivity contribution >= 4 is 6.09 Å².